The van der Waals surface area contributed by atoms with Crippen LogP contribution in [0.5, 0.6) is 17.2 Å². The van der Waals surface area contributed by atoms with Crippen molar-refractivity contribution in [2.45, 2.75) is 58.8 Å². The Kier molecular flexibility index (Phi) is 16.6. The van der Waals surface area contributed by atoms with Gasteiger partial charge in [0.1, 0.15) is 0 Å². The molecule has 3 rings (SSSR count). The zero-order valence-corrected chi connectivity index (χ0v) is 27.1. The molecule has 244 valence electrons. The maximum Gasteiger partial charge on any atom is 0.304 e. The molecule has 2 N–H and O–H groups in total. The Morgan fingerprint density at radius 1 is 0.956 bits per heavy atom. The van der Waals surface area contributed by atoms with Crippen molar-refractivity contribution in [2.75, 3.05) is 34.5 Å². The average Bonchev–Trinajstić information content (AvgIpc) is 3.26. The Balaban J connectivity index is 0.000000452. The summed E-state index contributed by atoms with van der Waals surface area (Å²) in [5, 5.41) is 11.8. The molecule has 0 saturated carbocycles. The molecule has 45 heavy (non-hydrogen) atoms. The molecule has 0 fully saturated rings. The van der Waals surface area contributed by atoms with E-state index >= 15 is 0 Å². The van der Waals surface area contributed by atoms with Crippen LogP contribution >= 0.6 is 0 Å². The molecule has 9 nitrogen and oxygen atoms in total. The Morgan fingerprint density at radius 2 is 1.64 bits per heavy atom. The molecular formula is C36H47NO8. The van der Waals surface area contributed by atoms with Crippen molar-refractivity contribution < 1.29 is 38.4 Å². The van der Waals surface area contributed by atoms with Crippen molar-refractivity contribution in [3.8, 4) is 17.2 Å². The smallest absolute Gasteiger partial charge is 0.304 e. The summed E-state index contributed by atoms with van der Waals surface area (Å²) in [6.45, 7) is 4.95. The highest BCUT2D eigenvalue weighted by atomic mass is 16.5. The van der Waals surface area contributed by atoms with Crippen LogP contribution in [-0.4, -0.2) is 57.2 Å². The fourth-order valence-electron chi connectivity index (χ4n) is 4.57. The molecule has 1 atom stereocenters. The number of aliphatic carboxylic acids is 1. The van der Waals surface area contributed by atoms with Gasteiger partial charge in [-0.15, -0.1) is 0 Å². The fraction of sp³-hybridized carbons (Fsp3) is 0.417. The van der Waals surface area contributed by atoms with Gasteiger partial charge in [0.05, 0.1) is 46.7 Å². The number of benzene rings is 2. The molecule has 0 unspecified atom stereocenters. The molecule has 9 heteroatoms. The van der Waals surface area contributed by atoms with Gasteiger partial charge in [-0.3, -0.25) is 14.4 Å². The van der Waals surface area contributed by atoms with Gasteiger partial charge in [0.2, 0.25) is 11.7 Å². The number of carboxylic acids is 1. The molecule has 0 bridgehead atoms. The van der Waals surface area contributed by atoms with Gasteiger partial charge in [0, 0.05) is 17.9 Å². The fourth-order valence-corrected chi connectivity index (χ4v) is 4.57. The van der Waals surface area contributed by atoms with Crippen LogP contribution in [0.3, 0.4) is 0 Å². The average molecular weight is 622 g/mol. The first-order valence-electron chi connectivity index (χ1n) is 15.3. The number of amides is 1. The molecule has 2 aromatic carbocycles. The van der Waals surface area contributed by atoms with Crippen LogP contribution in [0, 0.1) is 5.92 Å². The first-order chi connectivity index (χ1) is 21.7. The maximum atomic E-state index is 12.6. The minimum absolute atomic E-state index is 0.175. The van der Waals surface area contributed by atoms with E-state index in [0.717, 1.165) is 30.8 Å². The van der Waals surface area contributed by atoms with Crippen molar-refractivity contribution in [2.24, 2.45) is 5.92 Å². The number of carbonyl (C=O) groups is 3. The van der Waals surface area contributed by atoms with Crippen LogP contribution in [0.4, 0.5) is 0 Å². The third-order valence-electron chi connectivity index (χ3n) is 7.07. The van der Waals surface area contributed by atoms with E-state index in [1.807, 2.05) is 12.1 Å². The lowest BCUT2D eigenvalue weighted by atomic mass is 9.95. The van der Waals surface area contributed by atoms with Crippen LogP contribution in [0.1, 0.15) is 68.3 Å². The SMILES string of the molecule is CCCCOC1=CC=C(C)C=CC1.COc1cc(CCC[C@H](CC(=O)O)C(=O)NCC(=O)c2ccccc2)cc(OC)c1OC. The zero-order valence-electron chi connectivity index (χ0n) is 27.1. The third-order valence-corrected chi connectivity index (χ3v) is 7.07. The van der Waals surface area contributed by atoms with Crippen molar-refractivity contribution in [3.63, 3.8) is 0 Å². The van der Waals surface area contributed by atoms with Crippen LogP contribution in [-0.2, 0) is 20.7 Å². The molecule has 1 aliphatic rings. The highest BCUT2D eigenvalue weighted by molar-refractivity contribution is 5.99. The number of methoxy groups -OCH3 is 3. The van der Waals surface area contributed by atoms with E-state index in [1.165, 1.54) is 33.3 Å². The predicted molar refractivity (Wildman–Crippen MR) is 175 cm³/mol. The molecule has 0 heterocycles. The zero-order chi connectivity index (χ0) is 33.0. The van der Waals surface area contributed by atoms with Gasteiger partial charge in [0.15, 0.2) is 17.3 Å². The Bertz CT molecular complexity index is 1300. The highest BCUT2D eigenvalue weighted by Gasteiger charge is 2.22. The lowest BCUT2D eigenvalue weighted by Crippen LogP contribution is -2.35. The van der Waals surface area contributed by atoms with Crippen molar-refractivity contribution >= 4 is 17.7 Å². The second-order valence-corrected chi connectivity index (χ2v) is 10.6. The van der Waals surface area contributed by atoms with Crippen LogP contribution < -0.4 is 19.5 Å². The summed E-state index contributed by atoms with van der Waals surface area (Å²) in [7, 11) is 4.59. The lowest BCUT2D eigenvalue weighted by Gasteiger charge is -2.16. The lowest BCUT2D eigenvalue weighted by molar-refractivity contribution is -0.141. The summed E-state index contributed by atoms with van der Waals surface area (Å²) in [5.41, 5.74) is 2.69. The molecule has 0 aliphatic heterocycles. The van der Waals surface area contributed by atoms with Gasteiger partial charge in [-0.05, 0) is 56.4 Å². The molecular weight excluding hydrogens is 574 g/mol. The van der Waals surface area contributed by atoms with Gasteiger partial charge in [0.25, 0.3) is 0 Å². The number of allylic oxidation sites excluding steroid dienone is 5. The van der Waals surface area contributed by atoms with E-state index in [1.54, 1.807) is 30.3 Å². The topological polar surface area (TPSA) is 120 Å². The molecule has 1 aliphatic carbocycles. The summed E-state index contributed by atoms with van der Waals surface area (Å²) in [6.07, 6.45) is 12.9. The summed E-state index contributed by atoms with van der Waals surface area (Å²) >= 11 is 0. The number of ketones is 1. The number of hydrogen-bond donors (Lipinski definition) is 2. The van der Waals surface area contributed by atoms with Gasteiger partial charge < -0.3 is 29.4 Å². The molecule has 1 amide bonds. The van der Waals surface area contributed by atoms with Gasteiger partial charge in [-0.2, -0.15) is 0 Å². The van der Waals surface area contributed by atoms with E-state index < -0.39 is 17.8 Å². The van der Waals surface area contributed by atoms with Crippen molar-refractivity contribution in [3.05, 3.63) is 89.2 Å². The number of nitrogens with one attached hydrogen (secondary N) is 1. The second kappa shape index (κ2) is 20.4. The van der Waals surface area contributed by atoms with E-state index in [4.69, 9.17) is 18.9 Å². The molecule has 2 aromatic rings. The quantitative estimate of drug-likeness (QED) is 0.148. The monoisotopic (exact) mass is 621 g/mol. The number of Topliss-reactive ketones (excluding diaryl/α,β-unsaturated/α-hetero) is 1. The second-order valence-electron chi connectivity index (χ2n) is 10.6. The minimum atomic E-state index is -1.06. The van der Waals surface area contributed by atoms with Gasteiger partial charge >= 0.3 is 5.97 Å². The number of ether oxygens (including phenoxy) is 4. The van der Waals surface area contributed by atoms with E-state index in [0.29, 0.717) is 42.1 Å². The first kappa shape index (κ1) is 36.7. The largest absolute Gasteiger partial charge is 0.498 e. The van der Waals surface area contributed by atoms with E-state index in [-0.39, 0.29) is 18.7 Å². The van der Waals surface area contributed by atoms with Gasteiger partial charge in [-0.1, -0.05) is 67.5 Å². The van der Waals surface area contributed by atoms with Crippen LogP contribution in [0.25, 0.3) is 0 Å². The number of carbonyl (C=O) groups excluding carboxylic acids is 2. The Labute approximate surface area is 266 Å². The van der Waals surface area contributed by atoms with E-state index in [9.17, 15) is 19.5 Å². The predicted octanol–water partition coefficient (Wildman–Crippen LogP) is 6.72. The minimum Gasteiger partial charge on any atom is -0.498 e. The summed E-state index contributed by atoms with van der Waals surface area (Å²) < 4.78 is 21.6. The van der Waals surface area contributed by atoms with Gasteiger partial charge in [-0.25, -0.2) is 0 Å². The van der Waals surface area contributed by atoms with Crippen molar-refractivity contribution in [1.29, 1.82) is 0 Å². The number of unbranched alkanes of at least 4 members (excludes halogenated alkanes) is 1. The van der Waals surface area contributed by atoms with E-state index in [2.05, 4.69) is 43.5 Å². The number of carboxylic acid groups (broad SMARTS) is 1. The number of hydrogen-bond acceptors (Lipinski definition) is 7. The maximum absolute atomic E-state index is 12.6. The molecule has 0 aromatic heterocycles. The van der Waals surface area contributed by atoms with Crippen LogP contribution in [0.2, 0.25) is 0 Å². The Morgan fingerprint density at radius 3 is 2.24 bits per heavy atom. The summed E-state index contributed by atoms with van der Waals surface area (Å²) in [6, 6.07) is 12.3. The third kappa shape index (κ3) is 13.3. The standard InChI is InChI=1S/C24H29NO7.C12H18O/c1-30-20-12-16(13-21(31-2)23(20)32-3)8-7-11-18(14-22(27)28)24(29)25-15-19(26)17-9-5-4-6-10-17;1-3-4-10-13-12-7-5-6-11(2)8-9-12/h4-6,9-10,12-13,18H,7-8,11,14-15H2,1-3H3,(H,25,29)(H,27,28);5-6,8-9H,3-4,7,10H2,1-2H3/t18-;/m1./s1. The van der Waals surface area contributed by atoms with Crippen LogP contribution in [0.15, 0.2) is 78.1 Å². The summed E-state index contributed by atoms with van der Waals surface area (Å²) in [4.78, 5) is 36.0. The highest BCUT2D eigenvalue weighted by Crippen LogP contribution is 2.38. The molecule has 0 spiro atoms. The molecule has 0 saturated heterocycles. The van der Waals surface area contributed by atoms with Crippen molar-refractivity contribution in [1.82, 2.24) is 5.32 Å². The first-order valence-corrected chi connectivity index (χ1v) is 15.3. The number of rotatable bonds is 17. The Hall–Kier alpha value is -4.53. The number of aryl methyl sites for hydroxylation is 1. The summed E-state index contributed by atoms with van der Waals surface area (Å²) in [5.74, 6) is 0.158. The molecule has 0 radical (unpaired) electrons. The normalized spacial score (nSPS) is 12.7.